The van der Waals surface area contributed by atoms with Crippen LogP contribution in [0.5, 0.6) is 0 Å². The van der Waals surface area contributed by atoms with E-state index >= 15 is 0 Å². The number of methoxy groups -OCH3 is 1. The fraction of sp³-hybridized carbons (Fsp3) is 0.533. The number of ether oxygens (including phenoxy) is 2. The third-order valence-corrected chi connectivity index (χ3v) is 8.12. The molecule has 1 saturated heterocycles. The average molecular weight is 576 g/mol. The highest BCUT2D eigenvalue weighted by Crippen LogP contribution is 2.18. The van der Waals surface area contributed by atoms with Gasteiger partial charge in [0.1, 0.15) is 6.04 Å². The van der Waals surface area contributed by atoms with Crippen molar-refractivity contribution in [2.24, 2.45) is 5.73 Å². The number of nitrogens with zero attached hydrogens (tertiary/aromatic N) is 1. The maximum atomic E-state index is 11.9. The highest BCUT2D eigenvalue weighted by Gasteiger charge is 2.33. The molecule has 1 atom stereocenters. The van der Waals surface area contributed by atoms with Crippen LogP contribution in [0.2, 0.25) is 0 Å². The zero-order valence-electron chi connectivity index (χ0n) is 23.6. The fourth-order valence-corrected chi connectivity index (χ4v) is 5.55. The Bertz CT molecular complexity index is 1050. The van der Waals surface area contributed by atoms with Gasteiger partial charge in [-0.2, -0.15) is 0 Å². The number of benzene rings is 2. The van der Waals surface area contributed by atoms with E-state index in [2.05, 4.69) is 9.46 Å². The molecule has 1 heterocycles. The normalized spacial score (nSPS) is 16.6. The molecule has 2 fully saturated rings. The molecule has 2 aromatic rings. The number of sulfonamides is 1. The second-order valence-corrected chi connectivity index (χ2v) is 11.5. The number of nitrogens with one attached hydrogen (secondary N) is 1. The summed E-state index contributed by atoms with van der Waals surface area (Å²) >= 11 is 0. The molecule has 1 unspecified atom stereocenters. The number of carbonyl (C=O) groups excluding carboxylic acids is 2. The molecule has 4 rings (SSSR count). The lowest BCUT2D eigenvalue weighted by Gasteiger charge is -2.21. The largest absolute Gasteiger partial charge is 0.467 e. The number of nitrogens with two attached hydrogens (primary N) is 1. The Morgan fingerprint density at radius 3 is 2.05 bits per heavy atom. The summed E-state index contributed by atoms with van der Waals surface area (Å²) in [4.78, 5) is 24.2. The van der Waals surface area contributed by atoms with E-state index in [4.69, 9.17) is 10.5 Å². The van der Waals surface area contributed by atoms with Crippen LogP contribution in [0.25, 0.3) is 0 Å². The third kappa shape index (κ3) is 12.6. The number of carbonyl (C=O) groups is 2. The molecule has 0 spiro atoms. The van der Waals surface area contributed by atoms with Crippen molar-refractivity contribution in [1.82, 2.24) is 9.62 Å². The molecule has 1 amide bonds. The Morgan fingerprint density at radius 2 is 1.50 bits per heavy atom. The Balaban J connectivity index is 0.000000248. The van der Waals surface area contributed by atoms with Gasteiger partial charge in [-0.25, -0.2) is 17.9 Å². The van der Waals surface area contributed by atoms with Crippen molar-refractivity contribution < 1.29 is 27.5 Å². The van der Waals surface area contributed by atoms with Gasteiger partial charge in [0.2, 0.25) is 15.9 Å². The van der Waals surface area contributed by atoms with E-state index in [1.807, 2.05) is 30.3 Å². The minimum absolute atomic E-state index is 0.0481. The lowest BCUT2D eigenvalue weighted by molar-refractivity contribution is -0.150. The third-order valence-electron chi connectivity index (χ3n) is 6.64. The molecular weight excluding hydrogens is 530 g/mol. The molecule has 3 N–H and O–H groups in total. The summed E-state index contributed by atoms with van der Waals surface area (Å²) in [5.74, 6) is -0.535. The minimum atomic E-state index is -3.41. The van der Waals surface area contributed by atoms with E-state index in [0.717, 1.165) is 12.0 Å². The molecule has 40 heavy (non-hydrogen) atoms. The SMILES string of the molecule is C1CCCCC1.COC(=O)C1CCCN1C(=O)CN.O=S(=O)(NCCCOCc1ccccc1)c1ccccc1. The van der Waals surface area contributed by atoms with Crippen LogP contribution < -0.4 is 10.5 Å². The first-order valence-electron chi connectivity index (χ1n) is 14.1. The molecule has 2 aromatic carbocycles. The molecule has 1 saturated carbocycles. The molecule has 0 aromatic heterocycles. The van der Waals surface area contributed by atoms with Crippen LogP contribution in [0.1, 0.15) is 63.4 Å². The first-order chi connectivity index (χ1) is 19.4. The maximum Gasteiger partial charge on any atom is 0.328 e. The molecule has 9 nitrogen and oxygen atoms in total. The second kappa shape index (κ2) is 19.3. The van der Waals surface area contributed by atoms with Gasteiger partial charge in [-0.3, -0.25) is 4.79 Å². The number of esters is 1. The summed E-state index contributed by atoms with van der Waals surface area (Å²) in [6, 6.07) is 17.8. The number of hydrogen-bond acceptors (Lipinski definition) is 7. The van der Waals surface area contributed by atoms with Crippen LogP contribution in [-0.2, 0) is 35.7 Å². The topological polar surface area (TPSA) is 128 Å². The van der Waals surface area contributed by atoms with Crippen LogP contribution in [-0.4, -0.2) is 64.6 Å². The minimum Gasteiger partial charge on any atom is -0.467 e. The van der Waals surface area contributed by atoms with Crippen LogP contribution in [0.4, 0.5) is 0 Å². The number of hydrogen-bond donors (Lipinski definition) is 2. The van der Waals surface area contributed by atoms with E-state index in [9.17, 15) is 18.0 Å². The van der Waals surface area contributed by atoms with Gasteiger partial charge in [0.25, 0.3) is 0 Å². The zero-order valence-corrected chi connectivity index (χ0v) is 24.4. The van der Waals surface area contributed by atoms with Crippen LogP contribution in [0.15, 0.2) is 65.6 Å². The molecule has 10 heteroatoms. The van der Waals surface area contributed by atoms with Gasteiger partial charge in [-0.05, 0) is 37.0 Å². The van der Waals surface area contributed by atoms with Gasteiger partial charge in [0.05, 0.1) is 25.2 Å². The van der Waals surface area contributed by atoms with Crippen molar-refractivity contribution in [1.29, 1.82) is 0 Å². The molecule has 2 aliphatic rings. The number of likely N-dealkylation sites (tertiary alicyclic amines) is 1. The van der Waals surface area contributed by atoms with Crippen molar-refractivity contribution in [2.45, 2.75) is 75.3 Å². The Labute approximate surface area is 239 Å². The predicted octanol–water partition coefficient (Wildman–Crippen LogP) is 4.02. The summed E-state index contributed by atoms with van der Waals surface area (Å²) in [6.45, 7) is 1.99. The predicted molar refractivity (Wildman–Crippen MR) is 156 cm³/mol. The standard InChI is InChI=1S/C16H19NO3S.C8H14N2O3.C6H12/c18-21(19,16-10-5-2-6-11-16)17-12-7-13-20-14-15-8-3-1-4-9-15;1-13-8(12)6-3-2-4-10(6)7(11)5-9;1-2-4-6-5-3-1/h1-6,8-11,17H,7,12-14H2;6H,2-5,9H2,1H3;1-6H2. The number of amides is 1. The Kier molecular flexibility index (Phi) is 16.1. The van der Waals surface area contributed by atoms with E-state index in [0.29, 0.717) is 39.1 Å². The van der Waals surface area contributed by atoms with Crippen molar-refractivity contribution in [2.75, 3.05) is 33.4 Å². The highest BCUT2D eigenvalue weighted by molar-refractivity contribution is 7.89. The maximum absolute atomic E-state index is 11.9. The monoisotopic (exact) mass is 575 g/mol. The lowest BCUT2D eigenvalue weighted by Crippen LogP contribution is -2.43. The first kappa shape index (κ1) is 33.4. The van der Waals surface area contributed by atoms with E-state index in [1.54, 1.807) is 30.3 Å². The van der Waals surface area contributed by atoms with Gasteiger partial charge in [-0.1, -0.05) is 87.1 Å². The van der Waals surface area contributed by atoms with E-state index in [-0.39, 0.29) is 23.3 Å². The second-order valence-electron chi connectivity index (χ2n) is 9.70. The molecule has 0 radical (unpaired) electrons. The van der Waals surface area contributed by atoms with Crippen molar-refractivity contribution in [3.05, 3.63) is 66.2 Å². The van der Waals surface area contributed by atoms with E-state index < -0.39 is 16.1 Å². The zero-order chi connectivity index (χ0) is 29.1. The van der Waals surface area contributed by atoms with Gasteiger partial charge >= 0.3 is 5.97 Å². The van der Waals surface area contributed by atoms with Gasteiger partial charge in [-0.15, -0.1) is 0 Å². The lowest BCUT2D eigenvalue weighted by atomic mass is 10.0. The first-order valence-corrected chi connectivity index (χ1v) is 15.6. The van der Waals surface area contributed by atoms with Gasteiger partial charge in [0, 0.05) is 19.7 Å². The van der Waals surface area contributed by atoms with Crippen LogP contribution >= 0.6 is 0 Å². The Hall–Kier alpha value is -2.79. The van der Waals surface area contributed by atoms with Crippen molar-refractivity contribution in [3.63, 3.8) is 0 Å². The van der Waals surface area contributed by atoms with E-state index in [1.165, 1.54) is 50.5 Å². The number of rotatable bonds is 10. The molecular formula is C30H45N3O6S. The summed E-state index contributed by atoms with van der Waals surface area (Å²) in [5, 5.41) is 0. The summed E-state index contributed by atoms with van der Waals surface area (Å²) in [7, 11) is -2.08. The van der Waals surface area contributed by atoms with Crippen LogP contribution in [0, 0.1) is 0 Å². The van der Waals surface area contributed by atoms with Gasteiger partial charge < -0.3 is 20.1 Å². The van der Waals surface area contributed by atoms with Crippen molar-refractivity contribution in [3.8, 4) is 0 Å². The summed E-state index contributed by atoms with van der Waals surface area (Å²) in [6.07, 6.45) is 11.2. The molecule has 1 aliphatic heterocycles. The molecule has 222 valence electrons. The smallest absolute Gasteiger partial charge is 0.328 e. The fourth-order valence-electron chi connectivity index (χ4n) is 4.45. The molecule has 1 aliphatic carbocycles. The van der Waals surface area contributed by atoms with Gasteiger partial charge in [0.15, 0.2) is 0 Å². The molecule has 0 bridgehead atoms. The Morgan fingerprint density at radius 1 is 0.925 bits per heavy atom. The van der Waals surface area contributed by atoms with Crippen LogP contribution in [0.3, 0.4) is 0 Å². The highest BCUT2D eigenvalue weighted by atomic mass is 32.2. The summed E-state index contributed by atoms with van der Waals surface area (Å²) < 4.78 is 36.5. The quantitative estimate of drug-likeness (QED) is 0.323. The van der Waals surface area contributed by atoms with Crippen molar-refractivity contribution >= 4 is 21.9 Å². The average Bonchev–Trinajstić information content (AvgIpc) is 3.51. The summed E-state index contributed by atoms with van der Waals surface area (Å²) in [5.41, 5.74) is 6.33.